The van der Waals surface area contributed by atoms with Crippen molar-refractivity contribution < 1.29 is 28.2 Å². The van der Waals surface area contributed by atoms with Crippen LogP contribution in [-0.4, -0.2) is 16.2 Å². The molecule has 0 aromatic heterocycles. The van der Waals surface area contributed by atoms with Gasteiger partial charge in [0.15, 0.2) is 0 Å². The summed E-state index contributed by atoms with van der Waals surface area (Å²) in [6.07, 6.45) is -4.66. The van der Waals surface area contributed by atoms with Gasteiger partial charge in [0.1, 0.15) is 5.75 Å². The van der Waals surface area contributed by atoms with Gasteiger partial charge in [-0.25, -0.2) is 4.79 Å². The number of carboxylic acid groups (broad SMARTS) is 1. The minimum absolute atomic E-state index is 0.0259. The topological polar surface area (TPSA) is 57.5 Å². The van der Waals surface area contributed by atoms with Gasteiger partial charge in [-0.3, -0.25) is 0 Å². The normalized spacial score (nSPS) is 10.7. The highest BCUT2D eigenvalue weighted by Crippen LogP contribution is 2.30. The molecule has 22 heavy (non-hydrogen) atoms. The monoisotopic (exact) mass is 306 g/mol. The van der Waals surface area contributed by atoms with Gasteiger partial charge in [0.2, 0.25) is 0 Å². The number of carboxylic acids is 1. The van der Waals surface area contributed by atoms with E-state index in [-0.39, 0.29) is 11.3 Å². The number of aromatic hydroxyl groups is 1. The van der Waals surface area contributed by atoms with Gasteiger partial charge in [0.25, 0.3) is 0 Å². The number of halogens is 3. The first-order chi connectivity index (χ1) is 10.3. The summed E-state index contributed by atoms with van der Waals surface area (Å²) in [6.45, 7) is 0. The molecule has 0 saturated carbocycles. The molecule has 0 unspecified atom stereocenters. The average molecular weight is 306 g/mol. The first-order valence-corrected chi connectivity index (χ1v) is 6.02. The molecule has 0 bridgehead atoms. The Balaban J connectivity index is 2.47. The average Bonchev–Trinajstić information content (AvgIpc) is 2.44. The molecule has 0 atom stereocenters. The maximum Gasteiger partial charge on any atom is 0.416 e. The number of alkyl halides is 3. The van der Waals surface area contributed by atoms with E-state index >= 15 is 0 Å². The van der Waals surface area contributed by atoms with Crippen molar-refractivity contribution in [2.24, 2.45) is 0 Å². The first-order valence-electron chi connectivity index (χ1n) is 6.02. The van der Waals surface area contributed by atoms with E-state index in [0.29, 0.717) is 11.6 Å². The Hall–Kier alpha value is -2.94. The lowest BCUT2D eigenvalue weighted by atomic mass is 10.0. The van der Waals surface area contributed by atoms with Gasteiger partial charge in [0.05, 0.1) is 11.1 Å². The van der Waals surface area contributed by atoms with Crippen LogP contribution in [0.2, 0.25) is 0 Å². The molecular weight excluding hydrogens is 297 g/mol. The highest BCUT2D eigenvalue weighted by atomic mass is 19.4. The number of benzene rings is 2. The van der Waals surface area contributed by atoms with E-state index < -0.39 is 23.3 Å². The Kier molecular flexibility index (Phi) is 4.08. The second kappa shape index (κ2) is 5.82. The van der Waals surface area contributed by atoms with Crippen LogP contribution in [0.5, 0.6) is 5.75 Å². The van der Waals surface area contributed by atoms with Crippen LogP contribution in [0.3, 0.4) is 0 Å². The van der Waals surface area contributed by atoms with Gasteiger partial charge >= 0.3 is 12.1 Å². The Morgan fingerprint density at radius 2 is 1.68 bits per heavy atom. The molecule has 0 heterocycles. The molecule has 2 aromatic carbocycles. The third-order valence-corrected chi connectivity index (χ3v) is 2.70. The quantitative estimate of drug-likeness (QED) is 0.793. The van der Waals surface area contributed by atoms with E-state index in [1.165, 1.54) is 18.2 Å². The third-order valence-electron chi connectivity index (χ3n) is 2.70. The summed E-state index contributed by atoms with van der Waals surface area (Å²) in [4.78, 5) is 10.9. The minimum Gasteiger partial charge on any atom is -0.508 e. The van der Waals surface area contributed by atoms with Gasteiger partial charge < -0.3 is 10.2 Å². The second-order valence-corrected chi connectivity index (χ2v) is 4.40. The van der Waals surface area contributed by atoms with Crippen LogP contribution in [0.25, 0.3) is 0 Å². The van der Waals surface area contributed by atoms with Crippen LogP contribution >= 0.6 is 0 Å². The maximum absolute atomic E-state index is 12.8. The van der Waals surface area contributed by atoms with E-state index in [2.05, 4.69) is 11.8 Å². The zero-order chi connectivity index (χ0) is 16.3. The number of hydrogen-bond donors (Lipinski definition) is 2. The largest absolute Gasteiger partial charge is 0.508 e. The molecular formula is C16H9F3O3. The summed E-state index contributed by atoms with van der Waals surface area (Å²) in [6, 6.07) is 8.28. The molecule has 0 amide bonds. The fraction of sp³-hybridized carbons (Fsp3) is 0.0625. The number of rotatable bonds is 1. The number of hydrogen-bond acceptors (Lipinski definition) is 2. The Morgan fingerprint density at radius 3 is 2.27 bits per heavy atom. The van der Waals surface area contributed by atoms with Gasteiger partial charge in [0, 0.05) is 11.1 Å². The fourth-order valence-electron chi connectivity index (χ4n) is 1.71. The zero-order valence-electron chi connectivity index (χ0n) is 11.0. The molecule has 0 fully saturated rings. The molecule has 2 rings (SSSR count). The zero-order valence-corrected chi connectivity index (χ0v) is 11.0. The Labute approximate surface area is 123 Å². The van der Waals surface area contributed by atoms with E-state index in [1.54, 1.807) is 6.07 Å². The summed E-state index contributed by atoms with van der Waals surface area (Å²) < 4.78 is 38.3. The number of phenols is 1. The first kappa shape index (κ1) is 15.4. The van der Waals surface area contributed by atoms with E-state index in [4.69, 9.17) is 5.11 Å². The second-order valence-electron chi connectivity index (χ2n) is 4.40. The summed E-state index contributed by atoms with van der Waals surface area (Å²) in [7, 11) is 0. The van der Waals surface area contributed by atoms with Gasteiger partial charge in [-0.1, -0.05) is 17.9 Å². The highest BCUT2D eigenvalue weighted by Gasteiger charge is 2.31. The molecule has 0 spiro atoms. The summed E-state index contributed by atoms with van der Waals surface area (Å²) in [5.41, 5.74) is -1.24. The predicted octanol–water partition coefficient (Wildman–Crippen LogP) is 3.51. The van der Waals surface area contributed by atoms with Crippen molar-refractivity contribution in [2.45, 2.75) is 6.18 Å². The lowest BCUT2D eigenvalue weighted by Crippen LogP contribution is -2.08. The SMILES string of the molecule is O=C(O)c1cc(C#Cc2cccc(O)c2)cc(C(F)(F)F)c1. The molecule has 0 aliphatic carbocycles. The molecule has 0 radical (unpaired) electrons. The van der Waals surface area contributed by atoms with Crippen LogP contribution < -0.4 is 0 Å². The summed E-state index contributed by atoms with van der Waals surface area (Å²) >= 11 is 0. The molecule has 2 N–H and O–H groups in total. The van der Waals surface area contributed by atoms with Crippen molar-refractivity contribution in [3.63, 3.8) is 0 Å². The van der Waals surface area contributed by atoms with E-state index in [0.717, 1.165) is 12.1 Å². The number of aromatic carboxylic acids is 1. The minimum atomic E-state index is -4.66. The van der Waals surface area contributed by atoms with Crippen molar-refractivity contribution in [3.8, 4) is 17.6 Å². The van der Waals surface area contributed by atoms with E-state index in [9.17, 15) is 23.1 Å². The van der Waals surface area contributed by atoms with Crippen molar-refractivity contribution in [1.82, 2.24) is 0 Å². The summed E-state index contributed by atoms with van der Waals surface area (Å²) in [5, 5.41) is 18.2. The van der Waals surface area contributed by atoms with Crippen molar-refractivity contribution >= 4 is 5.97 Å². The Bertz CT molecular complexity index is 783. The lowest BCUT2D eigenvalue weighted by molar-refractivity contribution is -0.137. The molecule has 2 aromatic rings. The maximum atomic E-state index is 12.8. The van der Waals surface area contributed by atoms with Crippen molar-refractivity contribution in [3.05, 3.63) is 64.7 Å². The molecule has 0 saturated heterocycles. The molecule has 6 heteroatoms. The lowest BCUT2D eigenvalue weighted by Gasteiger charge is -2.08. The molecule has 0 aliphatic rings. The fourth-order valence-corrected chi connectivity index (χ4v) is 1.71. The van der Waals surface area contributed by atoms with Crippen LogP contribution in [0, 0.1) is 11.8 Å². The molecule has 112 valence electrons. The standard InChI is InChI=1S/C16H9F3O3/c17-16(18,19)13-7-11(6-12(9-13)15(21)22)5-4-10-2-1-3-14(20)8-10/h1-3,6-9,20H,(H,21,22). The van der Waals surface area contributed by atoms with Crippen LogP contribution in [0.15, 0.2) is 42.5 Å². The third kappa shape index (κ3) is 3.79. The number of phenolic OH excluding ortho intramolecular Hbond substituents is 1. The van der Waals surface area contributed by atoms with Gasteiger partial charge in [-0.2, -0.15) is 13.2 Å². The van der Waals surface area contributed by atoms with Crippen LogP contribution in [0.4, 0.5) is 13.2 Å². The smallest absolute Gasteiger partial charge is 0.416 e. The molecule has 0 aliphatic heterocycles. The van der Waals surface area contributed by atoms with Crippen LogP contribution in [0.1, 0.15) is 27.0 Å². The van der Waals surface area contributed by atoms with Crippen molar-refractivity contribution in [1.29, 1.82) is 0 Å². The van der Waals surface area contributed by atoms with Crippen molar-refractivity contribution in [2.75, 3.05) is 0 Å². The van der Waals surface area contributed by atoms with E-state index in [1.807, 2.05) is 0 Å². The Morgan fingerprint density at radius 1 is 1.00 bits per heavy atom. The van der Waals surface area contributed by atoms with Crippen LogP contribution in [-0.2, 0) is 6.18 Å². The van der Waals surface area contributed by atoms with Gasteiger partial charge in [-0.15, -0.1) is 0 Å². The highest BCUT2D eigenvalue weighted by molar-refractivity contribution is 5.88. The summed E-state index contributed by atoms with van der Waals surface area (Å²) in [5.74, 6) is 3.56. The number of carbonyl (C=O) groups is 1. The predicted molar refractivity (Wildman–Crippen MR) is 72.5 cm³/mol. The molecule has 3 nitrogen and oxygen atoms in total. The van der Waals surface area contributed by atoms with Gasteiger partial charge in [-0.05, 0) is 36.4 Å².